The Kier molecular flexibility index (Phi) is 4.62. The molecule has 0 spiro atoms. The summed E-state index contributed by atoms with van der Waals surface area (Å²) in [6.45, 7) is 4.32. The zero-order chi connectivity index (χ0) is 11.3. The molecule has 3 nitrogen and oxygen atoms in total. The lowest BCUT2D eigenvalue weighted by Crippen LogP contribution is -2.19. The molecule has 15 heavy (non-hydrogen) atoms. The smallest absolute Gasteiger partial charge is 0.237 e. The van der Waals surface area contributed by atoms with Gasteiger partial charge in [0, 0.05) is 11.8 Å². The van der Waals surface area contributed by atoms with Crippen molar-refractivity contribution in [3.63, 3.8) is 0 Å². The van der Waals surface area contributed by atoms with Crippen LogP contribution in [0.5, 0.6) is 5.75 Å². The Labute approximate surface area is 97.9 Å². The van der Waals surface area contributed by atoms with Crippen LogP contribution in [0, 0.1) is 0 Å². The molecule has 1 amide bonds. The van der Waals surface area contributed by atoms with Crippen molar-refractivity contribution in [1.82, 2.24) is 0 Å². The third-order valence-electron chi connectivity index (χ3n) is 1.77. The number of alkyl halides is 1. The predicted molar refractivity (Wildman–Crippen MR) is 64.6 cm³/mol. The molecule has 0 fully saturated rings. The summed E-state index contributed by atoms with van der Waals surface area (Å²) < 4.78 is 5.33. The predicted octanol–water partition coefficient (Wildman–Crippen LogP) is 2.81. The van der Waals surface area contributed by atoms with E-state index in [-0.39, 0.29) is 10.7 Å². The number of rotatable bonds is 4. The van der Waals surface area contributed by atoms with E-state index in [0.29, 0.717) is 6.61 Å². The molecule has 0 saturated heterocycles. The molecule has 0 saturated carbocycles. The fourth-order valence-corrected chi connectivity index (χ4v) is 1.19. The summed E-state index contributed by atoms with van der Waals surface area (Å²) >= 11 is 3.20. The average molecular weight is 272 g/mol. The van der Waals surface area contributed by atoms with Crippen molar-refractivity contribution in [2.45, 2.75) is 18.7 Å². The Balaban J connectivity index is 2.69. The summed E-state index contributed by atoms with van der Waals surface area (Å²) in [4.78, 5) is 11.2. The molecule has 4 heteroatoms. The van der Waals surface area contributed by atoms with E-state index in [1.807, 2.05) is 25.1 Å². The number of carbonyl (C=O) groups excluding carboxylic acids is 1. The first-order valence-corrected chi connectivity index (χ1v) is 5.73. The molecule has 1 atom stereocenters. The SMILES string of the molecule is CCOc1cccc(NC(=O)C(C)Br)c1. The molecule has 0 aromatic heterocycles. The first kappa shape index (κ1) is 12.0. The van der Waals surface area contributed by atoms with E-state index in [1.165, 1.54) is 0 Å². The van der Waals surface area contributed by atoms with Gasteiger partial charge in [-0.15, -0.1) is 0 Å². The minimum Gasteiger partial charge on any atom is -0.494 e. The maximum atomic E-state index is 11.4. The Hall–Kier alpha value is -1.03. The van der Waals surface area contributed by atoms with Crippen molar-refractivity contribution < 1.29 is 9.53 Å². The fraction of sp³-hybridized carbons (Fsp3) is 0.364. The van der Waals surface area contributed by atoms with Crippen molar-refractivity contribution in [1.29, 1.82) is 0 Å². The largest absolute Gasteiger partial charge is 0.494 e. The maximum absolute atomic E-state index is 11.4. The first-order chi connectivity index (χ1) is 7.13. The van der Waals surface area contributed by atoms with E-state index < -0.39 is 0 Å². The van der Waals surface area contributed by atoms with Crippen LogP contribution in [0.4, 0.5) is 5.69 Å². The van der Waals surface area contributed by atoms with Crippen LogP contribution < -0.4 is 10.1 Å². The van der Waals surface area contributed by atoms with Crippen LogP contribution in [0.3, 0.4) is 0 Å². The molecule has 82 valence electrons. The van der Waals surface area contributed by atoms with Crippen molar-refractivity contribution in [3.8, 4) is 5.75 Å². The molecule has 1 aromatic carbocycles. The van der Waals surface area contributed by atoms with E-state index in [0.717, 1.165) is 11.4 Å². The molecular formula is C11H14BrNO2. The number of anilines is 1. The number of hydrogen-bond donors (Lipinski definition) is 1. The average Bonchev–Trinajstić information content (AvgIpc) is 2.18. The summed E-state index contributed by atoms with van der Waals surface area (Å²) in [6.07, 6.45) is 0. The summed E-state index contributed by atoms with van der Waals surface area (Å²) in [5.74, 6) is 0.696. The minimum absolute atomic E-state index is 0.0661. The minimum atomic E-state index is -0.201. The topological polar surface area (TPSA) is 38.3 Å². The summed E-state index contributed by atoms with van der Waals surface area (Å²) in [5.41, 5.74) is 0.747. The standard InChI is InChI=1S/C11H14BrNO2/c1-3-15-10-6-4-5-9(7-10)13-11(14)8(2)12/h4-8H,3H2,1-2H3,(H,13,14). The Bertz CT molecular complexity index is 339. The van der Waals surface area contributed by atoms with E-state index in [2.05, 4.69) is 21.2 Å². The van der Waals surface area contributed by atoms with Crippen LogP contribution in [-0.2, 0) is 4.79 Å². The molecule has 0 radical (unpaired) electrons. The lowest BCUT2D eigenvalue weighted by molar-refractivity contribution is -0.115. The first-order valence-electron chi connectivity index (χ1n) is 4.81. The highest BCUT2D eigenvalue weighted by molar-refractivity contribution is 9.10. The quantitative estimate of drug-likeness (QED) is 0.856. The van der Waals surface area contributed by atoms with Crippen molar-refractivity contribution in [3.05, 3.63) is 24.3 Å². The molecule has 1 aromatic rings. The van der Waals surface area contributed by atoms with Crippen LogP contribution in [0.15, 0.2) is 24.3 Å². The van der Waals surface area contributed by atoms with Gasteiger partial charge in [0.2, 0.25) is 5.91 Å². The monoisotopic (exact) mass is 271 g/mol. The molecule has 0 aliphatic rings. The molecule has 1 unspecified atom stereocenters. The maximum Gasteiger partial charge on any atom is 0.237 e. The lowest BCUT2D eigenvalue weighted by Gasteiger charge is -2.08. The van der Waals surface area contributed by atoms with Gasteiger partial charge in [-0.2, -0.15) is 0 Å². The number of carbonyl (C=O) groups is 1. The second kappa shape index (κ2) is 5.75. The van der Waals surface area contributed by atoms with E-state index in [9.17, 15) is 4.79 Å². The highest BCUT2D eigenvalue weighted by atomic mass is 79.9. The van der Waals surface area contributed by atoms with Gasteiger partial charge < -0.3 is 10.1 Å². The van der Waals surface area contributed by atoms with Crippen molar-refractivity contribution in [2.75, 3.05) is 11.9 Å². The van der Waals surface area contributed by atoms with Crippen LogP contribution in [0.2, 0.25) is 0 Å². The number of halogens is 1. The van der Waals surface area contributed by atoms with E-state index in [1.54, 1.807) is 13.0 Å². The normalized spacial score (nSPS) is 11.9. The van der Waals surface area contributed by atoms with Crippen LogP contribution in [0.25, 0.3) is 0 Å². The number of amides is 1. The Morgan fingerprint density at radius 2 is 2.33 bits per heavy atom. The number of benzene rings is 1. The van der Waals surface area contributed by atoms with Gasteiger partial charge >= 0.3 is 0 Å². The number of ether oxygens (including phenoxy) is 1. The molecule has 0 bridgehead atoms. The van der Waals surface area contributed by atoms with Gasteiger partial charge in [0.1, 0.15) is 5.75 Å². The van der Waals surface area contributed by atoms with Gasteiger partial charge in [0.15, 0.2) is 0 Å². The molecule has 1 rings (SSSR count). The van der Waals surface area contributed by atoms with Crippen LogP contribution in [0.1, 0.15) is 13.8 Å². The van der Waals surface area contributed by atoms with E-state index >= 15 is 0 Å². The number of hydrogen-bond acceptors (Lipinski definition) is 2. The zero-order valence-electron chi connectivity index (χ0n) is 8.79. The highest BCUT2D eigenvalue weighted by Gasteiger charge is 2.08. The van der Waals surface area contributed by atoms with Gasteiger partial charge in [-0.05, 0) is 26.0 Å². The second-order valence-corrected chi connectivity index (χ2v) is 4.44. The fourth-order valence-electron chi connectivity index (χ4n) is 1.07. The Morgan fingerprint density at radius 3 is 2.93 bits per heavy atom. The summed E-state index contributed by atoms with van der Waals surface area (Å²) in [5, 5.41) is 2.77. The molecule has 0 aliphatic heterocycles. The summed E-state index contributed by atoms with van der Waals surface area (Å²) in [6, 6.07) is 7.34. The lowest BCUT2D eigenvalue weighted by atomic mass is 10.3. The van der Waals surface area contributed by atoms with Gasteiger partial charge in [-0.3, -0.25) is 4.79 Å². The van der Waals surface area contributed by atoms with Gasteiger partial charge in [-0.25, -0.2) is 0 Å². The third kappa shape index (κ3) is 3.91. The van der Waals surface area contributed by atoms with Crippen molar-refractivity contribution in [2.24, 2.45) is 0 Å². The number of nitrogens with one attached hydrogen (secondary N) is 1. The van der Waals surface area contributed by atoms with Gasteiger partial charge in [0.05, 0.1) is 11.4 Å². The molecular weight excluding hydrogens is 258 g/mol. The molecule has 1 N–H and O–H groups in total. The van der Waals surface area contributed by atoms with E-state index in [4.69, 9.17) is 4.74 Å². The van der Waals surface area contributed by atoms with Gasteiger partial charge in [0.25, 0.3) is 0 Å². The zero-order valence-corrected chi connectivity index (χ0v) is 10.4. The van der Waals surface area contributed by atoms with Gasteiger partial charge in [-0.1, -0.05) is 22.0 Å². The van der Waals surface area contributed by atoms with Crippen LogP contribution in [-0.4, -0.2) is 17.3 Å². The summed E-state index contributed by atoms with van der Waals surface area (Å²) in [7, 11) is 0. The highest BCUT2D eigenvalue weighted by Crippen LogP contribution is 2.17. The second-order valence-electron chi connectivity index (χ2n) is 3.07. The molecule has 0 heterocycles. The van der Waals surface area contributed by atoms with Crippen LogP contribution >= 0.6 is 15.9 Å². The van der Waals surface area contributed by atoms with Crippen molar-refractivity contribution >= 4 is 27.5 Å². The third-order valence-corrected chi connectivity index (χ3v) is 2.19. The Morgan fingerprint density at radius 1 is 1.60 bits per heavy atom. The molecule has 0 aliphatic carbocycles.